The molecule has 0 bridgehead atoms. The molecule has 1 aliphatic heterocycles. The zero-order chi connectivity index (χ0) is 19.6. The Morgan fingerprint density at radius 1 is 1.00 bits per heavy atom. The number of hydrogen-bond acceptors (Lipinski definition) is 4. The molecular formula is C22H23NO3S. The molecule has 4 nitrogen and oxygen atoms in total. The van der Waals surface area contributed by atoms with E-state index in [4.69, 9.17) is 4.74 Å². The van der Waals surface area contributed by atoms with Crippen molar-refractivity contribution >= 4 is 34.8 Å². The van der Waals surface area contributed by atoms with Crippen LogP contribution in [-0.4, -0.2) is 23.7 Å². The maximum atomic E-state index is 13.3. The first-order valence-corrected chi connectivity index (χ1v) is 10.0. The van der Waals surface area contributed by atoms with Crippen LogP contribution in [0, 0.1) is 6.92 Å². The minimum absolute atomic E-state index is 0.0621. The number of nitrogens with zero attached hydrogens (tertiary/aromatic N) is 1. The summed E-state index contributed by atoms with van der Waals surface area (Å²) in [4.78, 5) is 28.2. The molecule has 0 saturated carbocycles. The average Bonchev–Trinajstić information content (AvgIpc) is 2.87. The fourth-order valence-corrected chi connectivity index (χ4v) is 3.83. The molecule has 140 valence electrons. The molecular weight excluding hydrogens is 358 g/mol. The third-order valence-electron chi connectivity index (χ3n) is 4.14. The number of carbonyl (C=O) groups is 2. The zero-order valence-electron chi connectivity index (χ0n) is 16.0. The van der Waals surface area contributed by atoms with Crippen LogP contribution in [0.4, 0.5) is 5.69 Å². The fourth-order valence-electron chi connectivity index (χ4n) is 2.98. The molecule has 0 aromatic heterocycles. The molecule has 2 aromatic carbocycles. The van der Waals surface area contributed by atoms with Crippen molar-refractivity contribution in [2.45, 2.75) is 33.8 Å². The van der Waals surface area contributed by atoms with Crippen molar-refractivity contribution < 1.29 is 14.3 Å². The van der Waals surface area contributed by atoms with E-state index in [0.717, 1.165) is 11.1 Å². The fraction of sp³-hybridized carbons (Fsp3) is 0.273. The summed E-state index contributed by atoms with van der Waals surface area (Å²) in [6, 6.07) is 14.9. The van der Waals surface area contributed by atoms with Crippen molar-refractivity contribution in [3.63, 3.8) is 0 Å². The maximum absolute atomic E-state index is 13.3. The van der Waals surface area contributed by atoms with Crippen LogP contribution in [0.25, 0.3) is 5.57 Å². The van der Waals surface area contributed by atoms with Gasteiger partial charge in [0.2, 0.25) is 0 Å². The number of thioether (sulfide) groups is 1. The van der Waals surface area contributed by atoms with Gasteiger partial charge in [-0.1, -0.05) is 48.9 Å². The number of anilines is 1. The highest BCUT2D eigenvalue weighted by molar-refractivity contribution is 8.04. The van der Waals surface area contributed by atoms with Crippen molar-refractivity contribution in [2.75, 3.05) is 10.7 Å². The van der Waals surface area contributed by atoms with Crippen LogP contribution >= 0.6 is 11.8 Å². The lowest BCUT2D eigenvalue weighted by molar-refractivity contribution is -0.119. The van der Waals surface area contributed by atoms with Gasteiger partial charge in [0.05, 0.1) is 22.3 Å². The van der Waals surface area contributed by atoms with Crippen LogP contribution < -0.4 is 9.64 Å². The average molecular weight is 381 g/mol. The molecule has 0 atom stereocenters. The quantitative estimate of drug-likeness (QED) is 0.673. The van der Waals surface area contributed by atoms with Crippen molar-refractivity contribution in [1.82, 2.24) is 0 Å². The Labute approximate surface area is 164 Å². The highest BCUT2D eigenvalue weighted by atomic mass is 32.2. The first-order chi connectivity index (χ1) is 12.9. The largest absolute Gasteiger partial charge is 0.489 e. The van der Waals surface area contributed by atoms with Gasteiger partial charge in [-0.3, -0.25) is 9.59 Å². The molecule has 0 N–H and O–H groups in total. The summed E-state index contributed by atoms with van der Waals surface area (Å²) in [6.45, 7) is 7.80. The van der Waals surface area contributed by atoms with Crippen molar-refractivity contribution in [1.29, 1.82) is 0 Å². The standard InChI is InChI=1S/C22H23NO3S/c1-5-27-20-19(16-12-10-15(4)11-13-16)21(24)23(22(20)25)17-8-6-7-9-18(17)26-14(2)3/h6-14H,5H2,1-4H3. The lowest BCUT2D eigenvalue weighted by Gasteiger charge is -2.20. The summed E-state index contributed by atoms with van der Waals surface area (Å²) >= 11 is 1.40. The molecule has 0 fully saturated rings. The van der Waals surface area contributed by atoms with Gasteiger partial charge >= 0.3 is 0 Å². The van der Waals surface area contributed by atoms with E-state index in [0.29, 0.717) is 27.7 Å². The number of amides is 2. The summed E-state index contributed by atoms with van der Waals surface area (Å²) in [6.07, 6.45) is -0.0621. The first kappa shape index (κ1) is 19.2. The van der Waals surface area contributed by atoms with Crippen molar-refractivity contribution in [2.24, 2.45) is 0 Å². The Morgan fingerprint density at radius 2 is 1.67 bits per heavy atom. The third kappa shape index (κ3) is 3.78. The molecule has 3 rings (SSSR count). The minimum Gasteiger partial charge on any atom is -0.489 e. The van der Waals surface area contributed by atoms with E-state index in [2.05, 4.69) is 0 Å². The van der Waals surface area contributed by atoms with Gasteiger partial charge < -0.3 is 4.74 Å². The molecule has 2 amide bonds. The Bertz CT molecular complexity index is 900. The number of ether oxygens (including phenoxy) is 1. The van der Waals surface area contributed by atoms with Gasteiger partial charge in [-0.15, -0.1) is 11.8 Å². The van der Waals surface area contributed by atoms with Gasteiger partial charge in [-0.2, -0.15) is 0 Å². The Hall–Kier alpha value is -2.53. The molecule has 0 spiro atoms. The van der Waals surface area contributed by atoms with Gasteiger partial charge in [0, 0.05) is 0 Å². The van der Waals surface area contributed by atoms with Gasteiger partial charge in [0.1, 0.15) is 5.75 Å². The van der Waals surface area contributed by atoms with E-state index in [1.807, 2.05) is 58.0 Å². The predicted octanol–water partition coefficient (Wildman–Crippen LogP) is 4.82. The van der Waals surface area contributed by atoms with E-state index in [1.165, 1.54) is 16.7 Å². The highest BCUT2D eigenvalue weighted by Gasteiger charge is 2.41. The van der Waals surface area contributed by atoms with E-state index in [9.17, 15) is 9.59 Å². The van der Waals surface area contributed by atoms with E-state index in [-0.39, 0.29) is 17.9 Å². The Balaban J connectivity index is 2.08. The predicted molar refractivity (Wildman–Crippen MR) is 111 cm³/mol. The number of para-hydroxylation sites is 2. The topological polar surface area (TPSA) is 46.6 Å². The SMILES string of the molecule is CCSC1=C(c2ccc(C)cc2)C(=O)N(c2ccccc2OC(C)C)C1=O. The van der Waals surface area contributed by atoms with Crippen LogP contribution in [0.5, 0.6) is 5.75 Å². The number of imide groups is 1. The van der Waals surface area contributed by atoms with Crippen LogP contribution in [0.2, 0.25) is 0 Å². The van der Waals surface area contributed by atoms with E-state index < -0.39 is 0 Å². The van der Waals surface area contributed by atoms with Gasteiger partial charge in [0.15, 0.2) is 0 Å². The van der Waals surface area contributed by atoms with Crippen LogP contribution in [0.3, 0.4) is 0 Å². The number of benzene rings is 2. The van der Waals surface area contributed by atoms with E-state index in [1.54, 1.807) is 18.2 Å². The summed E-state index contributed by atoms with van der Waals surface area (Å²) in [5, 5.41) is 0. The second-order valence-corrected chi connectivity index (χ2v) is 7.86. The molecule has 0 radical (unpaired) electrons. The van der Waals surface area contributed by atoms with Crippen molar-refractivity contribution in [3.8, 4) is 5.75 Å². The summed E-state index contributed by atoms with van der Waals surface area (Å²) < 4.78 is 5.83. The van der Waals surface area contributed by atoms with Gasteiger partial charge in [-0.05, 0) is 44.2 Å². The molecule has 2 aromatic rings. The normalized spacial score (nSPS) is 14.5. The first-order valence-electron chi connectivity index (χ1n) is 9.02. The summed E-state index contributed by atoms with van der Waals surface area (Å²) in [5.74, 6) is 0.642. The molecule has 0 unspecified atom stereocenters. The smallest absolute Gasteiger partial charge is 0.272 e. The Kier molecular flexibility index (Phi) is 5.71. The summed E-state index contributed by atoms with van der Waals surface area (Å²) in [7, 11) is 0. The van der Waals surface area contributed by atoms with Gasteiger partial charge in [-0.25, -0.2) is 4.90 Å². The molecule has 0 saturated heterocycles. The monoisotopic (exact) mass is 381 g/mol. The maximum Gasteiger partial charge on any atom is 0.272 e. The zero-order valence-corrected chi connectivity index (χ0v) is 16.8. The number of carbonyl (C=O) groups excluding carboxylic acids is 2. The van der Waals surface area contributed by atoms with Crippen LogP contribution in [-0.2, 0) is 9.59 Å². The second-order valence-electron chi connectivity index (χ2n) is 6.58. The van der Waals surface area contributed by atoms with Gasteiger partial charge in [0.25, 0.3) is 11.8 Å². The summed E-state index contributed by atoms with van der Waals surface area (Å²) in [5.41, 5.74) is 2.82. The van der Waals surface area contributed by atoms with Crippen LogP contribution in [0.1, 0.15) is 31.9 Å². The number of hydrogen-bond donors (Lipinski definition) is 0. The molecule has 1 heterocycles. The molecule has 5 heteroatoms. The number of rotatable bonds is 6. The van der Waals surface area contributed by atoms with E-state index >= 15 is 0 Å². The molecule has 27 heavy (non-hydrogen) atoms. The Morgan fingerprint density at radius 3 is 2.30 bits per heavy atom. The minimum atomic E-state index is -0.306. The second kappa shape index (κ2) is 8.01. The van der Waals surface area contributed by atoms with Crippen LogP contribution in [0.15, 0.2) is 53.4 Å². The van der Waals surface area contributed by atoms with Crippen molar-refractivity contribution in [3.05, 3.63) is 64.6 Å². The lowest BCUT2D eigenvalue weighted by Crippen LogP contribution is -2.32. The lowest BCUT2D eigenvalue weighted by atomic mass is 10.0. The highest BCUT2D eigenvalue weighted by Crippen LogP contribution is 2.41. The molecule has 1 aliphatic rings. The third-order valence-corrected chi connectivity index (χ3v) is 5.10. The molecule has 0 aliphatic carbocycles. The number of aryl methyl sites for hydroxylation is 1.